The minimum atomic E-state index is -0.364. The van der Waals surface area contributed by atoms with Crippen LogP contribution in [0.4, 0.5) is 21.9 Å². The van der Waals surface area contributed by atoms with E-state index < -0.39 is 0 Å². The fraction of sp³-hybridized carbons (Fsp3) is 0.364. The predicted octanol–water partition coefficient (Wildman–Crippen LogP) is 3.78. The number of benzene rings is 2. The minimum Gasteiger partial charge on any atom is -0.385 e. The van der Waals surface area contributed by atoms with Gasteiger partial charge in [-0.1, -0.05) is 6.07 Å². The van der Waals surface area contributed by atoms with Gasteiger partial charge >= 0.3 is 6.03 Å². The summed E-state index contributed by atoms with van der Waals surface area (Å²) in [7, 11) is 5.37. The van der Waals surface area contributed by atoms with Crippen molar-refractivity contribution < 1.29 is 14.3 Å². The Morgan fingerprint density at radius 3 is 2.24 bits per heavy atom. The monoisotopic (exact) mass is 398 g/mol. The number of nitrogens with zero attached hydrogens (tertiary/aromatic N) is 1. The number of aryl methyl sites for hydroxylation is 2. The Balaban J connectivity index is 2.10. The van der Waals surface area contributed by atoms with Crippen molar-refractivity contribution in [1.82, 2.24) is 5.32 Å². The molecule has 7 nitrogen and oxygen atoms in total. The van der Waals surface area contributed by atoms with E-state index in [0.717, 1.165) is 23.2 Å². The molecule has 7 heteroatoms. The molecule has 0 radical (unpaired) electrons. The van der Waals surface area contributed by atoms with Crippen molar-refractivity contribution in [3.05, 3.63) is 53.1 Å². The number of carbonyl (C=O) groups is 2. The van der Waals surface area contributed by atoms with Gasteiger partial charge in [0.25, 0.3) is 5.91 Å². The van der Waals surface area contributed by atoms with Gasteiger partial charge in [-0.25, -0.2) is 4.79 Å². The van der Waals surface area contributed by atoms with Gasteiger partial charge in [-0.3, -0.25) is 4.79 Å². The number of hydrogen-bond acceptors (Lipinski definition) is 4. The number of urea groups is 1. The molecule has 0 bridgehead atoms. The van der Waals surface area contributed by atoms with E-state index in [0.29, 0.717) is 30.1 Å². The molecule has 0 aliphatic rings. The molecule has 0 aliphatic heterocycles. The van der Waals surface area contributed by atoms with Gasteiger partial charge in [0.1, 0.15) is 0 Å². The first-order valence-electron chi connectivity index (χ1n) is 9.55. The highest BCUT2D eigenvalue weighted by Gasteiger charge is 2.15. The molecule has 3 amide bonds. The summed E-state index contributed by atoms with van der Waals surface area (Å²) < 4.78 is 5.00. The molecule has 3 N–H and O–H groups in total. The second-order valence-electron chi connectivity index (χ2n) is 7.11. The predicted molar refractivity (Wildman–Crippen MR) is 118 cm³/mol. The Morgan fingerprint density at radius 2 is 1.62 bits per heavy atom. The molecular formula is C22H30N4O3. The average Bonchev–Trinajstić information content (AvgIpc) is 2.67. The molecule has 0 fully saturated rings. The van der Waals surface area contributed by atoms with E-state index in [1.807, 2.05) is 57.1 Å². The van der Waals surface area contributed by atoms with Crippen LogP contribution in [0.3, 0.4) is 0 Å². The zero-order valence-corrected chi connectivity index (χ0v) is 17.8. The Hall–Kier alpha value is -3.06. The molecule has 2 rings (SSSR count). The number of anilines is 3. The number of hydrogen-bond donors (Lipinski definition) is 3. The molecule has 2 aromatic carbocycles. The first-order valence-corrected chi connectivity index (χ1v) is 9.55. The smallest absolute Gasteiger partial charge is 0.323 e. The maximum absolute atomic E-state index is 12.6. The Morgan fingerprint density at radius 1 is 0.966 bits per heavy atom. The minimum absolute atomic E-state index is 0.192. The standard InChI is InChI=1S/C22H30N4O3/c1-15-7-8-17(13-16(15)2)24-22(28)25-18-9-10-20(26(3)4)19(14-18)21(27)23-11-6-12-29-5/h7-10,13-14H,6,11-12H2,1-5H3,(H,23,27)(H2,24,25,28). The summed E-state index contributed by atoms with van der Waals surface area (Å²) in [5, 5.41) is 8.50. The number of nitrogens with one attached hydrogen (secondary N) is 3. The second-order valence-corrected chi connectivity index (χ2v) is 7.11. The lowest BCUT2D eigenvalue weighted by Crippen LogP contribution is -2.27. The first-order chi connectivity index (χ1) is 13.8. The van der Waals surface area contributed by atoms with E-state index in [1.54, 1.807) is 19.2 Å². The third-order valence-electron chi connectivity index (χ3n) is 4.56. The lowest BCUT2D eigenvalue weighted by molar-refractivity contribution is 0.0949. The summed E-state index contributed by atoms with van der Waals surface area (Å²) >= 11 is 0. The molecular weight excluding hydrogens is 368 g/mol. The van der Waals surface area contributed by atoms with E-state index in [4.69, 9.17) is 4.74 Å². The average molecular weight is 399 g/mol. The zero-order chi connectivity index (χ0) is 21.4. The van der Waals surface area contributed by atoms with E-state index in [-0.39, 0.29) is 11.9 Å². The number of rotatable bonds is 8. The Bertz CT molecular complexity index is 865. The van der Waals surface area contributed by atoms with Gasteiger partial charge in [-0.15, -0.1) is 0 Å². The van der Waals surface area contributed by atoms with Gasteiger partial charge in [0.05, 0.1) is 5.56 Å². The van der Waals surface area contributed by atoms with Crippen molar-refractivity contribution in [1.29, 1.82) is 0 Å². The van der Waals surface area contributed by atoms with Crippen LogP contribution in [0, 0.1) is 13.8 Å². The number of ether oxygens (including phenoxy) is 1. The highest BCUT2D eigenvalue weighted by atomic mass is 16.5. The van der Waals surface area contributed by atoms with E-state index >= 15 is 0 Å². The van der Waals surface area contributed by atoms with Gasteiger partial charge in [0, 0.05) is 51.4 Å². The Labute approximate surface area is 172 Å². The van der Waals surface area contributed by atoms with Gasteiger partial charge in [0.15, 0.2) is 0 Å². The van der Waals surface area contributed by atoms with E-state index in [1.165, 1.54) is 0 Å². The van der Waals surface area contributed by atoms with Crippen molar-refractivity contribution in [2.75, 3.05) is 49.9 Å². The largest absolute Gasteiger partial charge is 0.385 e. The SMILES string of the molecule is COCCCNC(=O)c1cc(NC(=O)Nc2ccc(C)c(C)c2)ccc1N(C)C. The molecule has 0 atom stereocenters. The molecule has 2 aromatic rings. The lowest BCUT2D eigenvalue weighted by atomic mass is 10.1. The van der Waals surface area contributed by atoms with Crippen molar-refractivity contribution in [3.8, 4) is 0 Å². The topological polar surface area (TPSA) is 82.7 Å². The normalized spacial score (nSPS) is 10.4. The van der Waals surface area contributed by atoms with Crippen LogP contribution in [0.1, 0.15) is 27.9 Å². The van der Waals surface area contributed by atoms with Gasteiger partial charge in [0.2, 0.25) is 0 Å². The number of carbonyl (C=O) groups excluding carboxylic acids is 2. The maximum Gasteiger partial charge on any atom is 0.323 e. The lowest BCUT2D eigenvalue weighted by Gasteiger charge is -2.18. The number of amides is 3. The third-order valence-corrected chi connectivity index (χ3v) is 4.56. The number of methoxy groups -OCH3 is 1. The van der Waals surface area contributed by atoms with Crippen LogP contribution in [0.2, 0.25) is 0 Å². The fourth-order valence-electron chi connectivity index (χ4n) is 2.81. The van der Waals surface area contributed by atoms with Crippen molar-refractivity contribution in [2.24, 2.45) is 0 Å². The van der Waals surface area contributed by atoms with Crippen LogP contribution in [0.25, 0.3) is 0 Å². The van der Waals surface area contributed by atoms with Crippen LogP contribution in [-0.2, 0) is 4.74 Å². The summed E-state index contributed by atoms with van der Waals surface area (Å²) in [4.78, 5) is 26.9. The van der Waals surface area contributed by atoms with Crippen LogP contribution in [-0.4, -0.2) is 46.3 Å². The van der Waals surface area contributed by atoms with Crippen molar-refractivity contribution >= 4 is 29.0 Å². The van der Waals surface area contributed by atoms with E-state index in [2.05, 4.69) is 16.0 Å². The Kier molecular flexibility index (Phi) is 8.03. The summed E-state index contributed by atoms with van der Waals surface area (Å²) in [6, 6.07) is 10.6. The van der Waals surface area contributed by atoms with Crippen molar-refractivity contribution in [2.45, 2.75) is 20.3 Å². The molecule has 0 unspecified atom stereocenters. The van der Waals surface area contributed by atoms with E-state index in [9.17, 15) is 9.59 Å². The molecule has 0 heterocycles. The summed E-state index contributed by atoms with van der Waals surface area (Å²) in [6.45, 7) is 5.12. The molecule has 0 saturated heterocycles. The molecule has 0 aliphatic carbocycles. The second kappa shape index (κ2) is 10.5. The van der Waals surface area contributed by atoms with Crippen LogP contribution in [0.15, 0.2) is 36.4 Å². The highest BCUT2D eigenvalue weighted by molar-refractivity contribution is 6.04. The van der Waals surface area contributed by atoms with Crippen LogP contribution in [0.5, 0.6) is 0 Å². The first kappa shape index (κ1) is 22.2. The van der Waals surface area contributed by atoms with Crippen molar-refractivity contribution in [3.63, 3.8) is 0 Å². The van der Waals surface area contributed by atoms with Crippen LogP contribution < -0.4 is 20.9 Å². The summed E-state index contributed by atoms with van der Waals surface area (Å²) in [5.74, 6) is -0.192. The maximum atomic E-state index is 12.6. The molecule has 29 heavy (non-hydrogen) atoms. The fourth-order valence-corrected chi connectivity index (χ4v) is 2.81. The molecule has 156 valence electrons. The zero-order valence-electron chi connectivity index (χ0n) is 17.8. The third kappa shape index (κ3) is 6.50. The molecule has 0 saturated carbocycles. The molecule has 0 spiro atoms. The molecule has 0 aromatic heterocycles. The highest BCUT2D eigenvalue weighted by Crippen LogP contribution is 2.23. The quantitative estimate of drug-likeness (QED) is 0.591. The van der Waals surface area contributed by atoms with Crippen LogP contribution >= 0.6 is 0 Å². The van der Waals surface area contributed by atoms with Gasteiger partial charge < -0.3 is 25.6 Å². The van der Waals surface area contributed by atoms with Gasteiger partial charge in [-0.05, 0) is 61.7 Å². The van der Waals surface area contributed by atoms with Gasteiger partial charge in [-0.2, -0.15) is 0 Å². The summed E-state index contributed by atoms with van der Waals surface area (Å²) in [6.07, 6.45) is 0.732. The summed E-state index contributed by atoms with van der Waals surface area (Å²) in [5.41, 5.74) is 4.79.